The highest BCUT2D eigenvalue weighted by atomic mass is 16.6. The largest absolute Gasteiger partial charge is 0.382 e. The van der Waals surface area contributed by atoms with Crippen molar-refractivity contribution in [2.75, 3.05) is 27.9 Å². The van der Waals surface area contributed by atoms with Crippen molar-refractivity contribution in [2.45, 2.75) is 37.6 Å². The number of carbonyl (C=O) groups excluding carboxylic acids is 1. The second-order valence-electron chi connectivity index (χ2n) is 4.15. The van der Waals surface area contributed by atoms with Crippen molar-refractivity contribution in [3.63, 3.8) is 0 Å². The standard InChI is InChI=1S/C11H21NO6/c1-6(13)12-8-10(17-4)9(16-3)7(5-15-2)18-11(8)14/h7-11,14H,5H2,1-4H3,(H,12,13)/t7-,8-,9+,10-,11+/m1/s1. The summed E-state index contributed by atoms with van der Waals surface area (Å²) in [5, 5.41) is 12.5. The van der Waals surface area contributed by atoms with E-state index < -0.39 is 30.6 Å². The zero-order chi connectivity index (χ0) is 13.7. The summed E-state index contributed by atoms with van der Waals surface area (Å²) in [5.74, 6) is -0.273. The van der Waals surface area contributed by atoms with Crippen LogP contribution in [0.1, 0.15) is 6.92 Å². The molecule has 0 unspecified atom stereocenters. The predicted octanol–water partition coefficient (Wildman–Crippen LogP) is -1.12. The number of methoxy groups -OCH3 is 3. The normalized spacial score (nSPS) is 36.4. The molecule has 106 valence electrons. The number of hydrogen-bond acceptors (Lipinski definition) is 6. The van der Waals surface area contributed by atoms with Gasteiger partial charge < -0.3 is 29.4 Å². The molecular weight excluding hydrogens is 242 g/mol. The highest BCUT2D eigenvalue weighted by molar-refractivity contribution is 5.73. The molecule has 1 saturated heterocycles. The quantitative estimate of drug-likeness (QED) is 0.654. The van der Waals surface area contributed by atoms with Crippen LogP contribution in [-0.2, 0) is 23.7 Å². The van der Waals surface area contributed by atoms with E-state index in [2.05, 4.69) is 5.32 Å². The lowest BCUT2D eigenvalue weighted by Gasteiger charge is -2.43. The topological polar surface area (TPSA) is 86.2 Å². The third kappa shape index (κ3) is 3.39. The molecule has 0 saturated carbocycles. The van der Waals surface area contributed by atoms with Gasteiger partial charge in [-0.3, -0.25) is 4.79 Å². The minimum absolute atomic E-state index is 0.266. The van der Waals surface area contributed by atoms with E-state index in [0.717, 1.165) is 0 Å². The molecule has 18 heavy (non-hydrogen) atoms. The highest BCUT2D eigenvalue weighted by Gasteiger charge is 2.46. The summed E-state index contributed by atoms with van der Waals surface area (Å²) in [5.41, 5.74) is 0. The number of nitrogens with one attached hydrogen (secondary N) is 1. The van der Waals surface area contributed by atoms with Crippen molar-refractivity contribution in [3.05, 3.63) is 0 Å². The van der Waals surface area contributed by atoms with Gasteiger partial charge in [0, 0.05) is 28.3 Å². The highest BCUT2D eigenvalue weighted by Crippen LogP contribution is 2.24. The molecule has 7 heteroatoms. The second-order valence-corrected chi connectivity index (χ2v) is 4.15. The molecule has 1 amide bonds. The molecule has 0 aliphatic carbocycles. The lowest BCUT2D eigenvalue weighted by Crippen LogP contribution is -2.65. The van der Waals surface area contributed by atoms with Gasteiger partial charge in [0.2, 0.25) is 5.91 Å². The number of aliphatic hydroxyl groups is 1. The Morgan fingerprint density at radius 1 is 1.28 bits per heavy atom. The van der Waals surface area contributed by atoms with Crippen molar-refractivity contribution in [3.8, 4) is 0 Å². The van der Waals surface area contributed by atoms with Gasteiger partial charge in [-0.25, -0.2) is 0 Å². The minimum Gasteiger partial charge on any atom is -0.382 e. The van der Waals surface area contributed by atoms with Gasteiger partial charge in [-0.2, -0.15) is 0 Å². The summed E-state index contributed by atoms with van der Waals surface area (Å²) in [6, 6.07) is -0.675. The Hall–Kier alpha value is -0.730. The third-order valence-electron chi connectivity index (χ3n) is 2.91. The Morgan fingerprint density at radius 3 is 2.33 bits per heavy atom. The first-order chi connectivity index (χ1) is 8.54. The lowest BCUT2D eigenvalue weighted by molar-refractivity contribution is -0.264. The molecule has 1 aliphatic rings. The smallest absolute Gasteiger partial charge is 0.217 e. The molecular formula is C11H21NO6. The molecule has 1 rings (SSSR count). The Balaban J connectivity index is 2.85. The molecule has 1 aliphatic heterocycles. The number of aliphatic hydroxyl groups excluding tert-OH is 1. The average Bonchev–Trinajstić information content (AvgIpc) is 2.31. The van der Waals surface area contributed by atoms with Crippen LogP contribution in [0.4, 0.5) is 0 Å². The molecule has 0 spiro atoms. The maximum Gasteiger partial charge on any atom is 0.217 e. The van der Waals surface area contributed by atoms with E-state index in [4.69, 9.17) is 18.9 Å². The fourth-order valence-corrected chi connectivity index (χ4v) is 2.17. The molecule has 7 nitrogen and oxygen atoms in total. The Morgan fingerprint density at radius 2 is 1.89 bits per heavy atom. The number of hydrogen-bond donors (Lipinski definition) is 2. The van der Waals surface area contributed by atoms with Crippen LogP contribution < -0.4 is 5.32 Å². The first-order valence-electron chi connectivity index (χ1n) is 5.70. The summed E-state index contributed by atoms with van der Waals surface area (Å²) in [4.78, 5) is 11.1. The van der Waals surface area contributed by atoms with Crippen molar-refractivity contribution in [1.82, 2.24) is 5.32 Å². The average molecular weight is 263 g/mol. The van der Waals surface area contributed by atoms with Gasteiger partial charge in [0.25, 0.3) is 0 Å². The van der Waals surface area contributed by atoms with Crippen molar-refractivity contribution < 1.29 is 28.8 Å². The molecule has 0 aromatic carbocycles. The number of carbonyl (C=O) groups is 1. The molecule has 1 fully saturated rings. The van der Waals surface area contributed by atoms with Crippen LogP contribution in [-0.4, -0.2) is 69.6 Å². The Bertz CT molecular complexity index is 274. The van der Waals surface area contributed by atoms with E-state index in [1.165, 1.54) is 28.3 Å². The van der Waals surface area contributed by atoms with Gasteiger partial charge in [-0.1, -0.05) is 0 Å². The van der Waals surface area contributed by atoms with E-state index >= 15 is 0 Å². The Kier molecular flexibility index (Phi) is 5.97. The maximum atomic E-state index is 11.1. The van der Waals surface area contributed by atoms with Crippen LogP contribution in [0.3, 0.4) is 0 Å². The molecule has 1 heterocycles. The van der Waals surface area contributed by atoms with E-state index in [1.54, 1.807) is 0 Å². The summed E-state index contributed by atoms with van der Waals surface area (Å²) >= 11 is 0. The molecule has 0 bridgehead atoms. The van der Waals surface area contributed by atoms with Crippen LogP contribution in [0.25, 0.3) is 0 Å². The van der Waals surface area contributed by atoms with Crippen molar-refractivity contribution in [1.29, 1.82) is 0 Å². The van der Waals surface area contributed by atoms with Crippen molar-refractivity contribution in [2.24, 2.45) is 0 Å². The van der Waals surface area contributed by atoms with E-state index in [0.29, 0.717) is 0 Å². The van der Waals surface area contributed by atoms with E-state index in [-0.39, 0.29) is 12.5 Å². The lowest BCUT2D eigenvalue weighted by atomic mass is 9.96. The Labute approximate surface area is 106 Å². The zero-order valence-corrected chi connectivity index (χ0v) is 11.1. The van der Waals surface area contributed by atoms with E-state index in [9.17, 15) is 9.90 Å². The monoisotopic (exact) mass is 263 g/mol. The summed E-state index contributed by atoms with van der Waals surface area (Å²) in [6.45, 7) is 1.63. The zero-order valence-electron chi connectivity index (χ0n) is 11.1. The minimum atomic E-state index is -1.16. The first kappa shape index (κ1) is 15.3. The van der Waals surface area contributed by atoms with E-state index in [1.807, 2.05) is 0 Å². The van der Waals surface area contributed by atoms with Gasteiger partial charge in [0.05, 0.1) is 6.61 Å². The van der Waals surface area contributed by atoms with Crippen LogP contribution in [0.2, 0.25) is 0 Å². The SMILES string of the molecule is COC[C@H]1O[C@H](O)[C@H](NC(C)=O)[C@@H](OC)[C@H]1OC. The first-order valence-corrected chi connectivity index (χ1v) is 5.70. The second kappa shape index (κ2) is 7.01. The fraction of sp³-hybridized carbons (Fsp3) is 0.909. The molecule has 0 aromatic heterocycles. The summed E-state index contributed by atoms with van der Waals surface area (Å²) in [7, 11) is 4.54. The van der Waals surface area contributed by atoms with Gasteiger partial charge in [-0.05, 0) is 0 Å². The van der Waals surface area contributed by atoms with Crippen LogP contribution in [0.5, 0.6) is 0 Å². The van der Waals surface area contributed by atoms with Crippen LogP contribution in [0.15, 0.2) is 0 Å². The molecule has 0 aromatic rings. The number of amides is 1. The number of ether oxygens (including phenoxy) is 4. The molecule has 2 N–H and O–H groups in total. The maximum absolute atomic E-state index is 11.1. The molecule has 5 atom stereocenters. The molecule has 0 radical (unpaired) electrons. The number of rotatable bonds is 5. The van der Waals surface area contributed by atoms with Gasteiger partial charge in [-0.15, -0.1) is 0 Å². The summed E-state index contributed by atoms with van der Waals surface area (Å²) in [6.07, 6.45) is -2.56. The third-order valence-corrected chi connectivity index (χ3v) is 2.91. The van der Waals surface area contributed by atoms with Gasteiger partial charge >= 0.3 is 0 Å². The van der Waals surface area contributed by atoms with Gasteiger partial charge in [0.15, 0.2) is 6.29 Å². The van der Waals surface area contributed by atoms with Crippen LogP contribution in [0, 0.1) is 0 Å². The fourth-order valence-electron chi connectivity index (χ4n) is 2.17. The van der Waals surface area contributed by atoms with Crippen LogP contribution >= 0.6 is 0 Å². The predicted molar refractivity (Wildman–Crippen MR) is 62.0 cm³/mol. The van der Waals surface area contributed by atoms with Gasteiger partial charge in [0.1, 0.15) is 24.4 Å². The summed E-state index contributed by atoms with van der Waals surface area (Å²) < 4.78 is 21.0. The van der Waals surface area contributed by atoms with Crippen molar-refractivity contribution >= 4 is 5.91 Å².